The summed E-state index contributed by atoms with van der Waals surface area (Å²) in [6, 6.07) is 20.7. The Labute approximate surface area is 183 Å². The van der Waals surface area contributed by atoms with Crippen LogP contribution in [0.3, 0.4) is 0 Å². The number of hydrogen-bond donors (Lipinski definition) is 1. The molecule has 1 aromatic heterocycles. The van der Waals surface area contributed by atoms with Crippen LogP contribution in [0.4, 0.5) is 5.69 Å². The van der Waals surface area contributed by atoms with Crippen molar-refractivity contribution in [2.75, 3.05) is 18.5 Å². The standard InChI is InChI=1S/C24H23BrN2O3/c25-20-8-6-19(7-9-20)24(12-15-30-16-13-24)23(29)26-21-10-4-18(5-11-21)17-27-14-2-1-3-22(27)28/h1-11,14H,12-13,15-17H2,(H,26,29). The van der Waals surface area contributed by atoms with E-state index in [1.807, 2.05) is 54.6 Å². The fourth-order valence-electron chi connectivity index (χ4n) is 3.87. The number of carbonyl (C=O) groups is 1. The molecule has 1 aliphatic heterocycles. The van der Waals surface area contributed by atoms with Gasteiger partial charge in [0.05, 0.1) is 12.0 Å². The van der Waals surface area contributed by atoms with Crippen molar-refractivity contribution in [2.45, 2.75) is 24.8 Å². The van der Waals surface area contributed by atoms with E-state index in [4.69, 9.17) is 4.74 Å². The summed E-state index contributed by atoms with van der Waals surface area (Å²) in [7, 11) is 0. The lowest BCUT2D eigenvalue weighted by atomic mass is 9.73. The molecule has 1 N–H and O–H groups in total. The number of rotatable bonds is 5. The Kier molecular flexibility index (Phi) is 6.16. The summed E-state index contributed by atoms with van der Waals surface area (Å²) >= 11 is 3.47. The molecule has 0 radical (unpaired) electrons. The van der Waals surface area contributed by atoms with E-state index in [9.17, 15) is 9.59 Å². The van der Waals surface area contributed by atoms with Crippen molar-refractivity contribution in [2.24, 2.45) is 0 Å². The number of ether oxygens (including phenoxy) is 1. The summed E-state index contributed by atoms with van der Waals surface area (Å²) < 4.78 is 8.17. The first-order valence-corrected chi connectivity index (χ1v) is 10.8. The number of nitrogens with zero attached hydrogens (tertiary/aromatic N) is 1. The number of aromatic nitrogens is 1. The molecule has 0 spiro atoms. The molecule has 1 aliphatic rings. The minimum absolute atomic E-state index is 0.0137. The Morgan fingerprint density at radius 1 is 1.00 bits per heavy atom. The number of carbonyl (C=O) groups excluding carboxylic acids is 1. The van der Waals surface area contributed by atoms with Gasteiger partial charge in [-0.1, -0.05) is 46.3 Å². The van der Waals surface area contributed by atoms with Gasteiger partial charge < -0.3 is 14.6 Å². The second-order valence-electron chi connectivity index (χ2n) is 7.52. The van der Waals surface area contributed by atoms with Crippen LogP contribution in [-0.4, -0.2) is 23.7 Å². The van der Waals surface area contributed by atoms with Gasteiger partial charge >= 0.3 is 0 Å². The van der Waals surface area contributed by atoms with Gasteiger partial charge in [0.15, 0.2) is 0 Å². The van der Waals surface area contributed by atoms with E-state index in [0.717, 1.165) is 21.3 Å². The van der Waals surface area contributed by atoms with Crippen molar-refractivity contribution in [3.05, 3.63) is 98.9 Å². The van der Waals surface area contributed by atoms with Crippen LogP contribution in [0.25, 0.3) is 0 Å². The molecular formula is C24H23BrN2O3. The van der Waals surface area contributed by atoms with Crippen LogP contribution in [0.2, 0.25) is 0 Å². The Hall–Kier alpha value is -2.70. The average molecular weight is 467 g/mol. The number of amides is 1. The average Bonchev–Trinajstić information content (AvgIpc) is 2.77. The summed E-state index contributed by atoms with van der Waals surface area (Å²) in [5.74, 6) is -0.0137. The highest BCUT2D eigenvalue weighted by atomic mass is 79.9. The number of nitrogens with one attached hydrogen (secondary N) is 1. The highest BCUT2D eigenvalue weighted by Gasteiger charge is 2.41. The Balaban J connectivity index is 1.52. The molecule has 2 aromatic carbocycles. The van der Waals surface area contributed by atoms with E-state index < -0.39 is 5.41 Å². The highest BCUT2D eigenvalue weighted by molar-refractivity contribution is 9.10. The summed E-state index contributed by atoms with van der Waals surface area (Å²) in [5, 5.41) is 3.09. The van der Waals surface area contributed by atoms with Crippen LogP contribution in [0, 0.1) is 0 Å². The smallest absolute Gasteiger partial charge is 0.250 e. The molecule has 5 nitrogen and oxygen atoms in total. The third kappa shape index (κ3) is 4.40. The molecule has 30 heavy (non-hydrogen) atoms. The lowest BCUT2D eigenvalue weighted by Gasteiger charge is -2.36. The monoisotopic (exact) mass is 466 g/mol. The van der Waals surface area contributed by atoms with Crippen molar-refractivity contribution >= 4 is 27.5 Å². The van der Waals surface area contributed by atoms with Gasteiger partial charge in [0.25, 0.3) is 5.56 Å². The Morgan fingerprint density at radius 2 is 1.70 bits per heavy atom. The van der Waals surface area contributed by atoms with Gasteiger partial charge in [-0.2, -0.15) is 0 Å². The van der Waals surface area contributed by atoms with E-state index in [1.54, 1.807) is 22.9 Å². The first-order valence-electron chi connectivity index (χ1n) is 9.96. The molecule has 1 saturated heterocycles. The summed E-state index contributed by atoms with van der Waals surface area (Å²) in [4.78, 5) is 25.3. The molecule has 0 bridgehead atoms. The van der Waals surface area contributed by atoms with E-state index in [2.05, 4.69) is 21.2 Å². The zero-order chi connectivity index (χ0) is 21.0. The van der Waals surface area contributed by atoms with E-state index in [0.29, 0.717) is 32.6 Å². The van der Waals surface area contributed by atoms with E-state index >= 15 is 0 Å². The van der Waals surface area contributed by atoms with Crippen molar-refractivity contribution in [1.82, 2.24) is 4.57 Å². The van der Waals surface area contributed by atoms with Crippen molar-refractivity contribution in [3.63, 3.8) is 0 Å². The quantitative estimate of drug-likeness (QED) is 0.607. The number of halogens is 1. The largest absolute Gasteiger partial charge is 0.381 e. The van der Waals surface area contributed by atoms with Crippen LogP contribution < -0.4 is 10.9 Å². The minimum atomic E-state index is -0.602. The first-order chi connectivity index (χ1) is 14.6. The maximum absolute atomic E-state index is 13.4. The molecule has 0 unspecified atom stereocenters. The zero-order valence-corrected chi connectivity index (χ0v) is 18.1. The molecule has 6 heteroatoms. The Morgan fingerprint density at radius 3 is 2.37 bits per heavy atom. The molecule has 154 valence electrons. The lowest BCUT2D eigenvalue weighted by molar-refractivity contribution is -0.125. The zero-order valence-electron chi connectivity index (χ0n) is 16.5. The molecule has 4 rings (SSSR count). The van der Waals surface area contributed by atoms with Gasteiger partial charge in [-0.3, -0.25) is 9.59 Å². The molecule has 0 saturated carbocycles. The molecule has 0 aliphatic carbocycles. The normalized spacial score (nSPS) is 15.5. The maximum atomic E-state index is 13.4. The van der Waals surface area contributed by atoms with Crippen molar-refractivity contribution < 1.29 is 9.53 Å². The summed E-state index contributed by atoms with van der Waals surface area (Å²) in [5.41, 5.74) is 2.11. The number of anilines is 1. The van der Waals surface area contributed by atoms with Crippen molar-refractivity contribution in [3.8, 4) is 0 Å². The van der Waals surface area contributed by atoms with Gasteiger partial charge in [-0.25, -0.2) is 0 Å². The van der Waals surface area contributed by atoms with Crippen LogP contribution in [0.15, 0.2) is 82.2 Å². The molecule has 1 amide bonds. The number of hydrogen-bond acceptors (Lipinski definition) is 3. The summed E-state index contributed by atoms with van der Waals surface area (Å²) in [6.07, 6.45) is 3.07. The van der Waals surface area contributed by atoms with Gasteiger partial charge in [0, 0.05) is 35.6 Å². The SMILES string of the molecule is O=C(Nc1ccc(Cn2ccccc2=O)cc1)C1(c2ccc(Br)cc2)CCOCC1. The first kappa shape index (κ1) is 20.6. The van der Waals surface area contributed by atoms with Crippen molar-refractivity contribution in [1.29, 1.82) is 0 Å². The molecule has 3 aromatic rings. The van der Waals surface area contributed by atoms with Crippen LogP contribution in [0.1, 0.15) is 24.0 Å². The van der Waals surface area contributed by atoms with Crippen LogP contribution in [0.5, 0.6) is 0 Å². The second kappa shape index (κ2) is 8.98. The molecule has 1 fully saturated rings. The predicted octanol–water partition coefficient (Wildman–Crippen LogP) is 4.35. The Bertz CT molecular complexity index is 1070. The molecular weight excluding hydrogens is 444 g/mol. The van der Waals surface area contributed by atoms with Crippen LogP contribution >= 0.6 is 15.9 Å². The third-order valence-corrected chi connectivity index (χ3v) is 6.17. The molecule has 2 heterocycles. The maximum Gasteiger partial charge on any atom is 0.250 e. The van der Waals surface area contributed by atoms with Gasteiger partial charge in [0.2, 0.25) is 5.91 Å². The number of pyridine rings is 1. The summed E-state index contributed by atoms with van der Waals surface area (Å²) in [6.45, 7) is 1.62. The fraction of sp³-hybridized carbons (Fsp3) is 0.250. The third-order valence-electron chi connectivity index (χ3n) is 5.64. The number of benzene rings is 2. The minimum Gasteiger partial charge on any atom is -0.381 e. The molecule has 0 atom stereocenters. The highest BCUT2D eigenvalue weighted by Crippen LogP contribution is 2.36. The lowest BCUT2D eigenvalue weighted by Crippen LogP contribution is -2.44. The van der Waals surface area contributed by atoms with E-state index in [-0.39, 0.29) is 11.5 Å². The van der Waals surface area contributed by atoms with Gasteiger partial charge in [0.1, 0.15) is 0 Å². The predicted molar refractivity (Wildman–Crippen MR) is 121 cm³/mol. The van der Waals surface area contributed by atoms with E-state index in [1.165, 1.54) is 0 Å². The fourth-order valence-corrected chi connectivity index (χ4v) is 4.13. The second-order valence-corrected chi connectivity index (χ2v) is 8.43. The topological polar surface area (TPSA) is 60.3 Å². The van der Waals surface area contributed by atoms with Gasteiger partial charge in [-0.15, -0.1) is 0 Å². The van der Waals surface area contributed by atoms with Gasteiger partial charge in [-0.05, 0) is 54.3 Å². The van der Waals surface area contributed by atoms with Crippen LogP contribution in [-0.2, 0) is 21.5 Å².